The van der Waals surface area contributed by atoms with Crippen molar-refractivity contribution in [3.05, 3.63) is 35.1 Å². The minimum atomic E-state index is -0.346. The summed E-state index contributed by atoms with van der Waals surface area (Å²) in [6, 6.07) is 5.07. The van der Waals surface area contributed by atoms with Crippen molar-refractivity contribution in [3.8, 4) is 0 Å². The average molecular weight is 264 g/mol. The van der Waals surface area contributed by atoms with E-state index in [2.05, 4.69) is 10.6 Å². The predicted molar refractivity (Wildman–Crippen MR) is 73.2 cm³/mol. The topological polar surface area (TPSA) is 41.1 Å². The van der Waals surface area contributed by atoms with Crippen LogP contribution >= 0.6 is 0 Å². The first kappa shape index (κ1) is 14.0. The third-order valence-corrected chi connectivity index (χ3v) is 3.83. The van der Waals surface area contributed by atoms with E-state index in [-0.39, 0.29) is 17.1 Å². The Labute approximate surface area is 113 Å². The zero-order chi connectivity index (χ0) is 13.9. The van der Waals surface area contributed by atoms with Gasteiger partial charge in [0.25, 0.3) is 0 Å². The molecule has 1 aliphatic heterocycles. The molecule has 0 aromatic heterocycles. The Morgan fingerprint density at radius 1 is 1.53 bits per heavy atom. The molecule has 1 aliphatic rings. The SMILES string of the molecule is Cc1ccc(CNC(=O)C2(C)CCCNC2)cc1F. The molecule has 1 saturated heterocycles. The van der Waals surface area contributed by atoms with Crippen LogP contribution in [-0.4, -0.2) is 19.0 Å². The van der Waals surface area contributed by atoms with Crippen LogP contribution < -0.4 is 10.6 Å². The molecule has 2 N–H and O–H groups in total. The standard InChI is InChI=1S/C15H21FN2O/c1-11-4-5-12(8-13(11)16)9-18-14(19)15(2)6-3-7-17-10-15/h4-5,8,17H,3,6-7,9-10H2,1-2H3,(H,18,19). The van der Waals surface area contributed by atoms with Crippen molar-refractivity contribution in [1.82, 2.24) is 10.6 Å². The molecule has 2 rings (SSSR count). The predicted octanol–water partition coefficient (Wildman–Crippen LogP) is 2.14. The van der Waals surface area contributed by atoms with Gasteiger partial charge < -0.3 is 10.6 Å². The van der Waals surface area contributed by atoms with Gasteiger partial charge in [0.1, 0.15) is 5.82 Å². The maximum Gasteiger partial charge on any atom is 0.227 e. The van der Waals surface area contributed by atoms with E-state index in [1.165, 1.54) is 6.07 Å². The van der Waals surface area contributed by atoms with Crippen LogP contribution in [0.2, 0.25) is 0 Å². The number of carbonyl (C=O) groups is 1. The van der Waals surface area contributed by atoms with Gasteiger partial charge in [0.2, 0.25) is 5.91 Å². The molecule has 19 heavy (non-hydrogen) atoms. The van der Waals surface area contributed by atoms with Crippen molar-refractivity contribution in [1.29, 1.82) is 0 Å². The molecule has 1 unspecified atom stereocenters. The van der Waals surface area contributed by atoms with Gasteiger partial charge in [0.05, 0.1) is 5.41 Å². The summed E-state index contributed by atoms with van der Waals surface area (Å²) in [6.07, 6.45) is 1.91. The minimum Gasteiger partial charge on any atom is -0.352 e. The van der Waals surface area contributed by atoms with Crippen LogP contribution in [0.1, 0.15) is 30.9 Å². The van der Waals surface area contributed by atoms with Crippen LogP contribution in [0, 0.1) is 18.2 Å². The highest BCUT2D eigenvalue weighted by Gasteiger charge is 2.34. The number of hydrogen-bond donors (Lipinski definition) is 2. The lowest BCUT2D eigenvalue weighted by molar-refractivity contribution is -0.131. The summed E-state index contributed by atoms with van der Waals surface area (Å²) >= 11 is 0. The van der Waals surface area contributed by atoms with Gasteiger partial charge in [-0.15, -0.1) is 0 Å². The molecule has 0 saturated carbocycles. The van der Waals surface area contributed by atoms with Crippen LogP contribution in [0.5, 0.6) is 0 Å². The van der Waals surface area contributed by atoms with Crippen LogP contribution in [0.3, 0.4) is 0 Å². The zero-order valence-corrected chi connectivity index (χ0v) is 11.6. The van der Waals surface area contributed by atoms with E-state index in [1.54, 1.807) is 13.0 Å². The summed E-state index contributed by atoms with van der Waals surface area (Å²) in [5.41, 5.74) is 1.07. The van der Waals surface area contributed by atoms with Gasteiger partial charge in [0.15, 0.2) is 0 Å². The van der Waals surface area contributed by atoms with Gasteiger partial charge in [-0.1, -0.05) is 12.1 Å². The van der Waals surface area contributed by atoms with Gasteiger partial charge >= 0.3 is 0 Å². The first-order chi connectivity index (χ1) is 9.01. The summed E-state index contributed by atoms with van der Waals surface area (Å²) in [7, 11) is 0. The van der Waals surface area contributed by atoms with Crippen LogP contribution in [0.15, 0.2) is 18.2 Å². The lowest BCUT2D eigenvalue weighted by Crippen LogP contribution is -2.48. The molecule has 0 bridgehead atoms. The Morgan fingerprint density at radius 2 is 2.32 bits per heavy atom. The van der Waals surface area contributed by atoms with Crippen LogP contribution in [0.4, 0.5) is 4.39 Å². The first-order valence-electron chi connectivity index (χ1n) is 6.75. The molecule has 1 atom stereocenters. The van der Waals surface area contributed by atoms with E-state index >= 15 is 0 Å². The number of carbonyl (C=O) groups excluding carboxylic acids is 1. The number of benzene rings is 1. The number of halogens is 1. The molecule has 3 nitrogen and oxygen atoms in total. The smallest absolute Gasteiger partial charge is 0.227 e. The normalized spacial score (nSPS) is 23.1. The average Bonchev–Trinajstić information content (AvgIpc) is 2.40. The second-order valence-corrected chi connectivity index (χ2v) is 5.61. The molecule has 1 aromatic rings. The summed E-state index contributed by atoms with van der Waals surface area (Å²) < 4.78 is 13.4. The van der Waals surface area contributed by atoms with Crippen LogP contribution in [-0.2, 0) is 11.3 Å². The van der Waals surface area contributed by atoms with E-state index in [9.17, 15) is 9.18 Å². The Morgan fingerprint density at radius 3 is 2.95 bits per heavy atom. The Bertz CT molecular complexity index is 467. The molecule has 0 spiro atoms. The molecule has 1 heterocycles. The summed E-state index contributed by atoms with van der Waals surface area (Å²) in [5.74, 6) is -0.182. The highest BCUT2D eigenvalue weighted by molar-refractivity contribution is 5.82. The quantitative estimate of drug-likeness (QED) is 0.878. The largest absolute Gasteiger partial charge is 0.352 e. The molecule has 0 aliphatic carbocycles. The van der Waals surface area contributed by atoms with Gasteiger partial charge in [0, 0.05) is 13.1 Å². The number of hydrogen-bond acceptors (Lipinski definition) is 2. The number of rotatable bonds is 3. The van der Waals surface area contributed by atoms with Crippen molar-refractivity contribution >= 4 is 5.91 Å². The van der Waals surface area contributed by atoms with Crippen molar-refractivity contribution in [2.24, 2.45) is 5.41 Å². The molecule has 104 valence electrons. The highest BCUT2D eigenvalue weighted by atomic mass is 19.1. The van der Waals surface area contributed by atoms with Crippen molar-refractivity contribution in [2.45, 2.75) is 33.2 Å². The summed E-state index contributed by atoms with van der Waals surface area (Å²) in [6.45, 7) is 5.77. The van der Waals surface area contributed by atoms with Crippen molar-refractivity contribution in [3.63, 3.8) is 0 Å². The fraction of sp³-hybridized carbons (Fsp3) is 0.533. The van der Waals surface area contributed by atoms with E-state index in [0.717, 1.165) is 24.9 Å². The molecule has 1 amide bonds. The van der Waals surface area contributed by atoms with Gasteiger partial charge in [-0.2, -0.15) is 0 Å². The molecule has 1 fully saturated rings. The second-order valence-electron chi connectivity index (χ2n) is 5.61. The number of aryl methyl sites for hydroxylation is 1. The molecular weight excluding hydrogens is 243 g/mol. The molecule has 0 radical (unpaired) electrons. The van der Waals surface area contributed by atoms with Crippen molar-refractivity contribution < 1.29 is 9.18 Å². The maximum absolute atomic E-state index is 13.4. The fourth-order valence-corrected chi connectivity index (χ4v) is 2.39. The fourth-order valence-electron chi connectivity index (χ4n) is 2.39. The lowest BCUT2D eigenvalue weighted by atomic mass is 9.82. The molecule has 4 heteroatoms. The third kappa shape index (κ3) is 3.32. The summed E-state index contributed by atoms with van der Waals surface area (Å²) in [4.78, 5) is 12.2. The van der Waals surface area contributed by atoms with Gasteiger partial charge in [-0.3, -0.25) is 4.79 Å². The Hall–Kier alpha value is -1.42. The maximum atomic E-state index is 13.4. The number of piperidine rings is 1. The molecule has 1 aromatic carbocycles. The zero-order valence-electron chi connectivity index (χ0n) is 11.6. The van der Waals surface area contributed by atoms with Gasteiger partial charge in [-0.05, 0) is 50.4 Å². The first-order valence-corrected chi connectivity index (χ1v) is 6.75. The summed E-state index contributed by atoms with van der Waals surface area (Å²) in [5, 5.41) is 6.16. The molecular formula is C15H21FN2O. The highest BCUT2D eigenvalue weighted by Crippen LogP contribution is 2.25. The number of amides is 1. The van der Waals surface area contributed by atoms with Crippen LogP contribution in [0.25, 0.3) is 0 Å². The van der Waals surface area contributed by atoms with Gasteiger partial charge in [-0.25, -0.2) is 4.39 Å². The van der Waals surface area contributed by atoms with E-state index in [0.29, 0.717) is 18.7 Å². The minimum absolute atomic E-state index is 0.0423. The Kier molecular flexibility index (Phi) is 4.20. The van der Waals surface area contributed by atoms with E-state index < -0.39 is 0 Å². The third-order valence-electron chi connectivity index (χ3n) is 3.83. The van der Waals surface area contributed by atoms with E-state index in [1.807, 2.05) is 13.0 Å². The number of nitrogens with one attached hydrogen (secondary N) is 2. The lowest BCUT2D eigenvalue weighted by Gasteiger charge is -2.32. The van der Waals surface area contributed by atoms with Crippen molar-refractivity contribution in [2.75, 3.05) is 13.1 Å². The second kappa shape index (κ2) is 5.70. The monoisotopic (exact) mass is 264 g/mol. The van der Waals surface area contributed by atoms with E-state index in [4.69, 9.17) is 0 Å². The Balaban J connectivity index is 1.94.